The molecule has 90 valence electrons. The number of rotatable bonds is 1. The van der Waals surface area contributed by atoms with Crippen LogP contribution in [-0.2, 0) is 0 Å². The van der Waals surface area contributed by atoms with Crippen LogP contribution in [0.4, 0.5) is 0 Å². The number of hydrogen-bond acceptors (Lipinski definition) is 3. The van der Waals surface area contributed by atoms with Gasteiger partial charge in [0.15, 0.2) is 0 Å². The highest BCUT2D eigenvalue weighted by molar-refractivity contribution is 5.96. The minimum atomic E-state index is -0.546. The van der Waals surface area contributed by atoms with Gasteiger partial charge in [-0.2, -0.15) is 0 Å². The second-order valence-electron chi connectivity index (χ2n) is 4.02. The Morgan fingerprint density at radius 1 is 1.11 bits per heavy atom. The van der Waals surface area contributed by atoms with E-state index in [4.69, 9.17) is 5.84 Å². The van der Waals surface area contributed by atoms with Gasteiger partial charge in [-0.05, 0) is 10.8 Å². The SMILES string of the molecule is Nn1c(-c2cccc3ccccc23)c(O)[nH]c1=O. The molecular weight excluding hydrogens is 230 g/mol. The summed E-state index contributed by atoms with van der Waals surface area (Å²) in [5.74, 6) is 5.42. The number of nitrogens with one attached hydrogen (secondary N) is 1. The molecule has 0 fully saturated rings. The number of imidazole rings is 1. The van der Waals surface area contributed by atoms with Crippen LogP contribution < -0.4 is 11.5 Å². The molecule has 0 radical (unpaired) electrons. The molecule has 0 spiro atoms. The van der Waals surface area contributed by atoms with Gasteiger partial charge in [0.05, 0.1) is 0 Å². The Balaban J connectivity index is 2.42. The molecule has 18 heavy (non-hydrogen) atoms. The van der Waals surface area contributed by atoms with Crippen LogP contribution in [0.1, 0.15) is 0 Å². The fourth-order valence-corrected chi connectivity index (χ4v) is 2.13. The van der Waals surface area contributed by atoms with Gasteiger partial charge in [-0.1, -0.05) is 42.5 Å². The van der Waals surface area contributed by atoms with Gasteiger partial charge < -0.3 is 10.9 Å². The van der Waals surface area contributed by atoms with E-state index < -0.39 is 5.69 Å². The van der Waals surface area contributed by atoms with Crippen molar-refractivity contribution in [1.82, 2.24) is 9.66 Å². The van der Waals surface area contributed by atoms with E-state index in [-0.39, 0.29) is 11.6 Å². The highest BCUT2D eigenvalue weighted by Crippen LogP contribution is 2.31. The van der Waals surface area contributed by atoms with E-state index in [1.807, 2.05) is 42.5 Å². The number of hydrogen-bond donors (Lipinski definition) is 3. The van der Waals surface area contributed by atoms with Crippen LogP contribution in [0.5, 0.6) is 5.88 Å². The molecule has 0 saturated heterocycles. The average Bonchev–Trinajstić information content (AvgIpc) is 2.63. The fourth-order valence-electron chi connectivity index (χ4n) is 2.13. The molecule has 3 rings (SSSR count). The first kappa shape index (κ1) is 10.5. The summed E-state index contributed by atoms with van der Waals surface area (Å²) in [6, 6.07) is 13.3. The monoisotopic (exact) mass is 241 g/mol. The van der Waals surface area contributed by atoms with Crippen LogP contribution in [0.15, 0.2) is 47.3 Å². The van der Waals surface area contributed by atoms with Crippen LogP contribution in [-0.4, -0.2) is 14.8 Å². The number of aromatic hydroxyl groups is 1. The summed E-state index contributed by atoms with van der Waals surface area (Å²) in [4.78, 5) is 13.7. The largest absolute Gasteiger partial charge is 0.493 e. The molecule has 0 aliphatic heterocycles. The van der Waals surface area contributed by atoms with Crippen molar-refractivity contribution in [3.05, 3.63) is 52.9 Å². The molecule has 0 aliphatic rings. The maximum Gasteiger partial charge on any atom is 0.347 e. The number of fused-ring (bicyclic) bond motifs is 1. The third-order valence-corrected chi connectivity index (χ3v) is 2.95. The molecule has 0 saturated carbocycles. The lowest BCUT2D eigenvalue weighted by atomic mass is 10.0. The van der Waals surface area contributed by atoms with Gasteiger partial charge in [0, 0.05) is 5.56 Å². The highest BCUT2D eigenvalue weighted by atomic mass is 16.3. The molecular formula is C13H11N3O2. The summed E-state index contributed by atoms with van der Waals surface area (Å²) in [6.45, 7) is 0. The van der Waals surface area contributed by atoms with E-state index in [1.54, 1.807) is 0 Å². The molecule has 0 aliphatic carbocycles. The maximum absolute atomic E-state index is 11.4. The van der Waals surface area contributed by atoms with Gasteiger partial charge >= 0.3 is 5.69 Å². The van der Waals surface area contributed by atoms with Gasteiger partial charge in [0.1, 0.15) is 5.69 Å². The van der Waals surface area contributed by atoms with Crippen molar-refractivity contribution in [2.24, 2.45) is 0 Å². The standard InChI is InChI=1S/C13H11N3O2/c14-16-11(12(17)15-13(16)18)10-7-3-5-8-4-1-2-6-9(8)10/h1-7,17H,14H2,(H,15,18). The molecule has 5 nitrogen and oxygen atoms in total. The Morgan fingerprint density at radius 3 is 2.56 bits per heavy atom. The summed E-state index contributed by atoms with van der Waals surface area (Å²) in [5, 5.41) is 11.7. The third kappa shape index (κ3) is 1.37. The van der Waals surface area contributed by atoms with Gasteiger partial charge in [0.25, 0.3) is 0 Å². The van der Waals surface area contributed by atoms with Crippen molar-refractivity contribution in [3.63, 3.8) is 0 Å². The first-order valence-electron chi connectivity index (χ1n) is 5.45. The zero-order valence-electron chi connectivity index (χ0n) is 9.42. The average molecular weight is 241 g/mol. The number of benzene rings is 2. The first-order valence-corrected chi connectivity index (χ1v) is 5.45. The normalized spacial score (nSPS) is 10.9. The number of nitrogens with two attached hydrogens (primary N) is 1. The predicted molar refractivity (Wildman–Crippen MR) is 69.8 cm³/mol. The molecule has 5 heteroatoms. The predicted octanol–water partition coefficient (Wildman–Crippen LogP) is 1.42. The zero-order chi connectivity index (χ0) is 12.7. The van der Waals surface area contributed by atoms with Crippen molar-refractivity contribution >= 4 is 10.8 Å². The quantitative estimate of drug-likeness (QED) is 0.563. The highest BCUT2D eigenvalue weighted by Gasteiger charge is 2.15. The Bertz CT molecular complexity index is 781. The Hall–Kier alpha value is -2.69. The summed E-state index contributed by atoms with van der Waals surface area (Å²) >= 11 is 0. The van der Waals surface area contributed by atoms with E-state index in [2.05, 4.69) is 4.98 Å². The Kier molecular flexibility index (Phi) is 2.13. The molecule has 0 atom stereocenters. The molecule has 0 amide bonds. The van der Waals surface area contributed by atoms with Crippen LogP contribution >= 0.6 is 0 Å². The molecule has 1 heterocycles. The maximum atomic E-state index is 11.4. The van der Waals surface area contributed by atoms with Gasteiger partial charge in [-0.3, -0.25) is 4.98 Å². The van der Waals surface area contributed by atoms with Crippen LogP contribution in [0, 0.1) is 0 Å². The van der Waals surface area contributed by atoms with Gasteiger partial charge in [-0.15, -0.1) is 0 Å². The number of H-pyrrole nitrogens is 1. The fraction of sp³-hybridized carbons (Fsp3) is 0. The van der Waals surface area contributed by atoms with Crippen LogP contribution in [0.2, 0.25) is 0 Å². The summed E-state index contributed by atoms with van der Waals surface area (Å²) in [6.07, 6.45) is 0. The molecule has 1 aromatic heterocycles. The molecule has 2 aromatic carbocycles. The molecule has 0 bridgehead atoms. The third-order valence-electron chi connectivity index (χ3n) is 2.95. The number of aromatic nitrogens is 2. The number of nitrogens with zero attached hydrogens (tertiary/aromatic N) is 1. The minimum Gasteiger partial charge on any atom is -0.493 e. The van der Waals surface area contributed by atoms with Crippen molar-refractivity contribution in [1.29, 1.82) is 0 Å². The second-order valence-corrected chi connectivity index (χ2v) is 4.02. The van der Waals surface area contributed by atoms with Crippen molar-refractivity contribution in [3.8, 4) is 17.1 Å². The van der Waals surface area contributed by atoms with Crippen molar-refractivity contribution in [2.45, 2.75) is 0 Å². The van der Waals surface area contributed by atoms with Crippen LogP contribution in [0.25, 0.3) is 22.0 Å². The van der Waals surface area contributed by atoms with Crippen LogP contribution in [0.3, 0.4) is 0 Å². The van der Waals surface area contributed by atoms with E-state index in [0.717, 1.165) is 15.4 Å². The van der Waals surface area contributed by atoms with E-state index in [1.165, 1.54) is 0 Å². The van der Waals surface area contributed by atoms with E-state index >= 15 is 0 Å². The smallest absolute Gasteiger partial charge is 0.347 e. The molecule has 3 aromatic rings. The van der Waals surface area contributed by atoms with Crippen molar-refractivity contribution < 1.29 is 5.11 Å². The number of nitrogen functional groups attached to an aromatic ring is 1. The van der Waals surface area contributed by atoms with Gasteiger partial charge in [0.2, 0.25) is 5.88 Å². The van der Waals surface area contributed by atoms with E-state index in [9.17, 15) is 9.90 Å². The van der Waals surface area contributed by atoms with Crippen molar-refractivity contribution in [2.75, 3.05) is 5.84 Å². The summed E-state index contributed by atoms with van der Waals surface area (Å²) in [5.41, 5.74) is 0.457. The minimum absolute atomic E-state index is 0.223. The lowest BCUT2D eigenvalue weighted by Crippen LogP contribution is -2.24. The second kappa shape index (κ2) is 3.66. The summed E-state index contributed by atoms with van der Waals surface area (Å²) in [7, 11) is 0. The van der Waals surface area contributed by atoms with E-state index in [0.29, 0.717) is 5.56 Å². The Labute approximate surface area is 102 Å². The lowest BCUT2D eigenvalue weighted by Gasteiger charge is -2.06. The summed E-state index contributed by atoms with van der Waals surface area (Å²) < 4.78 is 0.914. The Morgan fingerprint density at radius 2 is 1.83 bits per heavy atom. The molecule has 0 unspecified atom stereocenters. The topological polar surface area (TPSA) is 84.0 Å². The lowest BCUT2D eigenvalue weighted by molar-refractivity contribution is 0.457. The zero-order valence-corrected chi connectivity index (χ0v) is 9.42. The molecule has 4 N–H and O–H groups in total. The number of aromatic amines is 1. The van der Waals surface area contributed by atoms with Gasteiger partial charge in [-0.25, -0.2) is 9.47 Å². The first-order chi connectivity index (χ1) is 8.68.